The Hall–Kier alpha value is -4.04. The first-order chi connectivity index (χ1) is 17.1. The van der Waals surface area contributed by atoms with Crippen LogP contribution in [0.15, 0.2) is 91.4 Å². The van der Waals surface area contributed by atoms with E-state index in [0.29, 0.717) is 18.1 Å². The van der Waals surface area contributed by atoms with Crippen LogP contribution in [-0.4, -0.2) is 37.0 Å². The summed E-state index contributed by atoms with van der Waals surface area (Å²) in [6.07, 6.45) is 5.86. The van der Waals surface area contributed by atoms with Gasteiger partial charge in [0.2, 0.25) is 5.91 Å². The van der Waals surface area contributed by atoms with E-state index in [9.17, 15) is 4.79 Å². The smallest absolute Gasteiger partial charge is 0.226 e. The lowest BCUT2D eigenvalue weighted by molar-refractivity contribution is -0.116. The number of carbonyl (C=O) groups excluding carboxylic acids is 1. The highest BCUT2D eigenvalue weighted by molar-refractivity contribution is 7.80. The highest BCUT2D eigenvalue weighted by Gasteiger charge is 2.41. The van der Waals surface area contributed by atoms with Crippen LogP contribution < -0.4 is 10.6 Å². The number of thiocarbonyl (C=S) groups is 1. The third kappa shape index (κ3) is 4.93. The quantitative estimate of drug-likeness (QED) is 0.376. The van der Waals surface area contributed by atoms with Gasteiger partial charge in [-0.15, -0.1) is 0 Å². The Morgan fingerprint density at radius 3 is 2.49 bits per heavy atom. The van der Waals surface area contributed by atoms with Crippen molar-refractivity contribution in [2.24, 2.45) is 0 Å². The number of hydrogen-bond donors (Lipinski definition) is 2. The first-order valence-electron chi connectivity index (χ1n) is 11.5. The van der Waals surface area contributed by atoms with Crippen LogP contribution in [0, 0.1) is 6.92 Å². The van der Waals surface area contributed by atoms with Gasteiger partial charge in [-0.2, -0.15) is 0 Å². The molecule has 1 fully saturated rings. The second-order valence-electron chi connectivity index (χ2n) is 8.48. The summed E-state index contributed by atoms with van der Waals surface area (Å²) >= 11 is 5.76. The van der Waals surface area contributed by atoms with E-state index >= 15 is 0 Å². The molecule has 1 amide bonds. The fourth-order valence-corrected chi connectivity index (χ4v) is 4.72. The first kappa shape index (κ1) is 22.7. The van der Waals surface area contributed by atoms with Gasteiger partial charge in [0, 0.05) is 42.9 Å². The molecular formula is C27H26N6OS. The third-order valence-electron chi connectivity index (χ3n) is 6.09. The second kappa shape index (κ2) is 10.1. The van der Waals surface area contributed by atoms with Gasteiger partial charge >= 0.3 is 0 Å². The summed E-state index contributed by atoms with van der Waals surface area (Å²) in [5, 5.41) is 7.03. The maximum absolute atomic E-state index is 12.8. The summed E-state index contributed by atoms with van der Waals surface area (Å²) < 4.78 is 2.07. The van der Waals surface area contributed by atoms with Gasteiger partial charge in [0.05, 0.1) is 17.8 Å². The van der Waals surface area contributed by atoms with Gasteiger partial charge < -0.3 is 20.1 Å². The van der Waals surface area contributed by atoms with Gasteiger partial charge in [-0.25, -0.2) is 4.98 Å². The zero-order valence-electron chi connectivity index (χ0n) is 19.3. The molecule has 0 unspecified atom stereocenters. The highest BCUT2D eigenvalue weighted by atomic mass is 32.1. The van der Waals surface area contributed by atoms with Crippen molar-refractivity contribution in [2.45, 2.75) is 25.4 Å². The predicted molar refractivity (Wildman–Crippen MR) is 140 cm³/mol. The van der Waals surface area contributed by atoms with Crippen molar-refractivity contribution in [3.05, 3.63) is 108 Å². The Bertz CT molecular complexity index is 1310. The van der Waals surface area contributed by atoms with Crippen molar-refractivity contribution >= 4 is 28.9 Å². The van der Waals surface area contributed by atoms with Crippen LogP contribution in [0.4, 0.5) is 5.69 Å². The summed E-state index contributed by atoms with van der Waals surface area (Å²) in [4.78, 5) is 24.0. The van der Waals surface area contributed by atoms with Crippen molar-refractivity contribution in [3.8, 4) is 5.82 Å². The molecule has 0 bridgehead atoms. The Kier molecular flexibility index (Phi) is 6.54. The number of hydrogen-bond acceptors (Lipinski definition) is 4. The summed E-state index contributed by atoms with van der Waals surface area (Å²) in [5.41, 5.74) is 3.84. The SMILES string of the molecule is Cc1ccc(NC(=O)CCN2C(=S)N[C@@H](c3ccccn3)[C@@H]2c2cccn2-c2ccccn2)cc1. The van der Waals surface area contributed by atoms with E-state index in [4.69, 9.17) is 12.2 Å². The zero-order valence-corrected chi connectivity index (χ0v) is 20.2. The lowest BCUT2D eigenvalue weighted by atomic mass is 10.0. The largest absolute Gasteiger partial charge is 0.352 e. The Labute approximate surface area is 209 Å². The number of benzene rings is 1. The molecule has 0 spiro atoms. The van der Waals surface area contributed by atoms with Crippen LogP contribution in [0.25, 0.3) is 5.82 Å². The van der Waals surface area contributed by atoms with Gasteiger partial charge in [0.1, 0.15) is 5.82 Å². The van der Waals surface area contributed by atoms with Crippen molar-refractivity contribution < 1.29 is 4.79 Å². The fourth-order valence-electron chi connectivity index (χ4n) is 4.39. The van der Waals surface area contributed by atoms with Crippen LogP contribution >= 0.6 is 12.2 Å². The molecule has 7 nitrogen and oxygen atoms in total. The van der Waals surface area contributed by atoms with Crippen LogP contribution in [0.1, 0.15) is 35.5 Å². The van der Waals surface area contributed by atoms with E-state index in [1.54, 1.807) is 12.4 Å². The molecule has 0 saturated carbocycles. The molecule has 1 saturated heterocycles. The molecule has 4 heterocycles. The summed E-state index contributed by atoms with van der Waals surface area (Å²) in [6.45, 7) is 2.48. The molecule has 2 atom stereocenters. The number of aryl methyl sites for hydroxylation is 1. The molecule has 5 rings (SSSR count). The number of nitrogens with zero attached hydrogens (tertiary/aromatic N) is 4. The molecule has 8 heteroatoms. The molecule has 1 aliphatic heterocycles. The average Bonchev–Trinajstić information content (AvgIpc) is 3.49. The fraction of sp³-hybridized carbons (Fsp3) is 0.185. The number of amides is 1. The summed E-state index contributed by atoms with van der Waals surface area (Å²) in [6, 6.07) is 23.2. The topological polar surface area (TPSA) is 75.1 Å². The molecule has 4 aromatic rings. The average molecular weight is 483 g/mol. The van der Waals surface area contributed by atoms with Crippen LogP contribution in [0.5, 0.6) is 0 Å². The predicted octanol–water partition coefficient (Wildman–Crippen LogP) is 4.58. The highest BCUT2D eigenvalue weighted by Crippen LogP contribution is 2.39. The van der Waals surface area contributed by atoms with E-state index in [1.165, 1.54) is 0 Å². The monoisotopic (exact) mass is 482 g/mol. The van der Waals surface area contributed by atoms with Crippen LogP contribution in [-0.2, 0) is 4.79 Å². The van der Waals surface area contributed by atoms with E-state index in [1.807, 2.05) is 79.9 Å². The van der Waals surface area contributed by atoms with Crippen LogP contribution in [0.2, 0.25) is 0 Å². The molecule has 2 N–H and O–H groups in total. The molecule has 1 aromatic carbocycles. The van der Waals surface area contributed by atoms with Crippen molar-refractivity contribution in [3.63, 3.8) is 0 Å². The molecule has 1 aliphatic rings. The number of carbonyl (C=O) groups is 1. The first-order valence-corrected chi connectivity index (χ1v) is 11.9. The summed E-state index contributed by atoms with van der Waals surface area (Å²) in [7, 11) is 0. The maximum atomic E-state index is 12.8. The number of rotatable bonds is 7. The third-order valence-corrected chi connectivity index (χ3v) is 6.44. The molecule has 0 aliphatic carbocycles. The minimum atomic E-state index is -0.166. The normalized spacial score (nSPS) is 17.3. The molecule has 176 valence electrons. The van der Waals surface area contributed by atoms with Gasteiger partial charge in [-0.05, 0) is 67.7 Å². The number of aromatic nitrogens is 3. The number of pyridine rings is 2. The van der Waals surface area contributed by atoms with Gasteiger partial charge in [0.15, 0.2) is 5.11 Å². The van der Waals surface area contributed by atoms with Gasteiger partial charge in [0.25, 0.3) is 0 Å². The number of nitrogens with one attached hydrogen (secondary N) is 2. The molecule has 3 aromatic heterocycles. The minimum Gasteiger partial charge on any atom is -0.352 e. The minimum absolute atomic E-state index is 0.0585. The molecular weight excluding hydrogens is 456 g/mol. The molecule has 35 heavy (non-hydrogen) atoms. The lowest BCUT2D eigenvalue weighted by Crippen LogP contribution is -2.33. The van der Waals surface area contributed by atoms with Crippen molar-refractivity contribution in [1.29, 1.82) is 0 Å². The van der Waals surface area contributed by atoms with Gasteiger partial charge in [-0.1, -0.05) is 29.8 Å². The maximum Gasteiger partial charge on any atom is 0.226 e. The number of anilines is 1. The zero-order chi connectivity index (χ0) is 24.2. The Morgan fingerprint density at radius 2 is 1.77 bits per heavy atom. The van der Waals surface area contributed by atoms with Gasteiger partial charge in [-0.3, -0.25) is 9.78 Å². The Morgan fingerprint density at radius 1 is 1.00 bits per heavy atom. The van der Waals surface area contributed by atoms with Crippen LogP contribution in [0.3, 0.4) is 0 Å². The van der Waals surface area contributed by atoms with E-state index < -0.39 is 0 Å². The standard InChI is InChI=1S/C27H26N6OS/c1-19-10-12-20(13-11-19)30-24(34)14-18-33-26(25(31-27(33)35)21-7-2-4-15-28-21)22-8-6-17-32(22)23-9-3-5-16-29-23/h2-13,15-17,25-26H,14,18H2,1H3,(H,30,34)(H,31,35)/t25-,26-/m0/s1. The molecule has 0 radical (unpaired) electrons. The Balaban J connectivity index is 1.42. The van der Waals surface area contributed by atoms with Crippen molar-refractivity contribution in [2.75, 3.05) is 11.9 Å². The van der Waals surface area contributed by atoms with E-state index in [-0.39, 0.29) is 18.0 Å². The second-order valence-corrected chi connectivity index (χ2v) is 8.86. The lowest BCUT2D eigenvalue weighted by Gasteiger charge is -2.28. The summed E-state index contributed by atoms with van der Waals surface area (Å²) in [5.74, 6) is 0.763. The van der Waals surface area contributed by atoms with E-state index in [0.717, 1.165) is 28.5 Å². The van der Waals surface area contributed by atoms with Crippen molar-refractivity contribution in [1.82, 2.24) is 24.8 Å². The van der Waals surface area contributed by atoms with E-state index in [2.05, 4.69) is 36.1 Å².